The summed E-state index contributed by atoms with van der Waals surface area (Å²) in [5.74, 6) is -0.626. The van der Waals surface area contributed by atoms with Crippen molar-refractivity contribution in [1.82, 2.24) is 4.57 Å². The molecule has 0 N–H and O–H groups in total. The molecule has 0 saturated carbocycles. The molecule has 1 aromatic heterocycles. The second-order valence-electron chi connectivity index (χ2n) is 8.30. The monoisotopic (exact) mass is 498 g/mol. The second kappa shape index (κ2) is 9.39. The van der Waals surface area contributed by atoms with Crippen LogP contribution in [0, 0.1) is 0 Å². The van der Waals surface area contributed by atoms with Crippen molar-refractivity contribution in [2.45, 2.75) is 19.9 Å². The Balaban J connectivity index is 1.71. The number of carbonyl (C=O) groups is 2. The Bertz CT molecular complexity index is 1720. The predicted octanol–water partition coefficient (Wildman–Crippen LogP) is 3.49. The molecule has 0 aliphatic carbocycles. The number of thiazole rings is 1. The summed E-state index contributed by atoms with van der Waals surface area (Å²) < 4.78 is 12.2. The number of esters is 2. The number of benzene rings is 3. The van der Waals surface area contributed by atoms with Crippen molar-refractivity contribution in [1.29, 1.82) is 0 Å². The standard InChI is InChI=1S/C28H22N2O5S/c1-16-24(27(33)34-3)25(19-11-13-21(14-12-19)35-17(2)31)30-26(32)23(36-28(30)29-16)15-20-9-6-8-18-7-4-5-10-22(18)20/h4-15,25H,1-3H3/b23-15-/t25-/m1/s1. The Labute approximate surface area is 210 Å². The van der Waals surface area contributed by atoms with Gasteiger partial charge in [0.05, 0.1) is 29.0 Å². The zero-order valence-corrected chi connectivity index (χ0v) is 20.7. The van der Waals surface area contributed by atoms with Gasteiger partial charge >= 0.3 is 11.9 Å². The lowest BCUT2D eigenvalue weighted by molar-refractivity contribution is -0.136. The van der Waals surface area contributed by atoms with Gasteiger partial charge in [-0.2, -0.15) is 0 Å². The van der Waals surface area contributed by atoms with Crippen molar-refractivity contribution < 1.29 is 19.1 Å². The minimum Gasteiger partial charge on any atom is -0.466 e. The fourth-order valence-corrected chi connectivity index (χ4v) is 5.45. The molecule has 36 heavy (non-hydrogen) atoms. The molecule has 0 amide bonds. The van der Waals surface area contributed by atoms with E-state index in [0.717, 1.165) is 16.3 Å². The van der Waals surface area contributed by atoms with Gasteiger partial charge in [0.2, 0.25) is 0 Å². The first kappa shape index (κ1) is 23.4. The highest BCUT2D eigenvalue weighted by Gasteiger charge is 2.33. The first-order valence-corrected chi connectivity index (χ1v) is 12.1. The van der Waals surface area contributed by atoms with E-state index < -0.39 is 18.0 Å². The zero-order valence-electron chi connectivity index (χ0n) is 19.8. The summed E-state index contributed by atoms with van der Waals surface area (Å²) in [6, 6.07) is 19.9. The van der Waals surface area contributed by atoms with Crippen LogP contribution in [0.5, 0.6) is 5.75 Å². The minimum atomic E-state index is -0.741. The van der Waals surface area contributed by atoms with E-state index in [9.17, 15) is 14.4 Å². The molecule has 0 saturated heterocycles. The van der Waals surface area contributed by atoms with Crippen LogP contribution in [0.25, 0.3) is 16.8 Å². The first-order chi connectivity index (χ1) is 17.4. The number of rotatable bonds is 4. The predicted molar refractivity (Wildman–Crippen MR) is 137 cm³/mol. The van der Waals surface area contributed by atoms with Crippen LogP contribution in [0.4, 0.5) is 0 Å². The van der Waals surface area contributed by atoms with E-state index >= 15 is 0 Å². The van der Waals surface area contributed by atoms with E-state index in [0.29, 0.717) is 26.3 Å². The summed E-state index contributed by atoms with van der Waals surface area (Å²) in [5.41, 5.74) is 2.09. The van der Waals surface area contributed by atoms with Crippen molar-refractivity contribution in [3.05, 3.63) is 109 Å². The summed E-state index contributed by atoms with van der Waals surface area (Å²) in [5, 5.41) is 2.11. The molecule has 0 bridgehead atoms. The maximum absolute atomic E-state index is 13.8. The lowest BCUT2D eigenvalue weighted by Gasteiger charge is -2.24. The number of methoxy groups -OCH3 is 1. The summed E-state index contributed by atoms with van der Waals surface area (Å²) in [6.07, 6.45) is 1.87. The van der Waals surface area contributed by atoms with E-state index in [2.05, 4.69) is 4.99 Å². The highest BCUT2D eigenvalue weighted by atomic mass is 32.1. The molecule has 1 atom stereocenters. The van der Waals surface area contributed by atoms with Gasteiger partial charge in [0.25, 0.3) is 5.56 Å². The van der Waals surface area contributed by atoms with Gasteiger partial charge in [0.15, 0.2) is 4.80 Å². The Morgan fingerprint density at radius 3 is 2.47 bits per heavy atom. The number of nitrogens with zero attached hydrogens (tertiary/aromatic N) is 2. The number of hydrogen-bond donors (Lipinski definition) is 0. The minimum absolute atomic E-state index is 0.255. The molecule has 0 fully saturated rings. The fourth-order valence-electron chi connectivity index (χ4n) is 4.41. The number of hydrogen-bond acceptors (Lipinski definition) is 7. The maximum Gasteiger partial charge on any atom is 0.338 e. The molecule has 8 heteroatoms. The molecule has 1 aliphatic heterocycles. The van der Waals surface area contributed by atoms with E-state index in [1.807, 2.05) is 48.5 Å². The van der Waals surface area contributed by atoms with Crippen LogP contribution in [0.1, 0.15) is 31.0 Å². The molecule has 2 heterocycles. The third kappa shape index (κ3) is 4.16. The van der Waals surface area contributed by atoms with Crippen LogP contribution < -0.4 is 19.6 Å². The number of carbonyl (C=O) groups excluding carboxylic acids is 2. The largest absolute Gasteiger partial charge is 0.466 e. The first-order valence-electron chi connectivity index (χ1n) is 11.2. The van der Waals surface area contributed by atoms with E-state index in [1.165, 1.54) is 29.9 Å². The smallest absolute Gasteiger partial charge is 0.338 e. The van der Waals surface area contributed by atoms with Crippen LogP contribution in [0.2, 0.25) is 0 Å². The molecule has 180 valence electrons. The van der Waals surface area contributed by atoms with Crippen molar-refractivity contribution in [3.8, 4) is 5.75 Å². The molecular formula is C28H22N2O5S. The van der Waals surface area contributed by atoms with Gasteiger partial charge in [0, 0.05) is 6.92 Å². The van der Waals surface area contributed by atoms with Crippen molar-refractivity contribution in [2.24, 2.45) is 4.99 Å². The Kier molecular flexibility index (Phi) is 6.12. The van der Waals surface area contributed by atoms with E-state index in [-0.39, 0.29) is 11.1 Å². The lowest BCUT2D eigenvalue weighted by Crippen LogP contribution is -2.39. The topological polar surface area (TPSA) is 87.0 Å². The molecule has 5 rings (SSSR count). The zero-order chi connectivity index (χ0) is 25.4. The summed E-state index contributed by atoms with van der Waals surface area (Å²) in [7, 11) is 1.30. The molecule has 7 nitrogen and oxygen atoms in total. The molecule has 0 unspecified atom stereocenters. The highest BCUT2D eigenvalue weighted by molar-refractivity contribution is 7.07. The third-order valence-corrected chi connectivity index (χ3v) is 6.98. The normalized spacial score (nSPS) is 15.4. The molecule has 0 spiro atoms. The Morgan fingerprint density at radius 2 is 1.75 bits per heavy atom. The van der Waals surface area contributed by atoms with Gasteiger partial charge in [0.1, 0.15) is 5.75 Å². The van der Waals surface area contributed by atoms with Gasteiger partial charge in [-0.25, -0.2) is 9.79 Å². The van der Waals surface area contributed by atoms with Crippen LogP contribution in [0.3, 0.4) is 0 Å². The van der Waals surface area contributed by atoms with Crippen LogP contribution in [-0.4, -0.2) is 23.6 Å². The average molecular weight is 499 g/mol. The second-order valence-corrected chi connectivity index (χ2v) is 9.31. The van der Waals surface area contributed by atoms with Gasteiger partial charge in [-0.15, -0.1) is 0 Å². The summed E-state index contributed by atoms with van der Waals surface area (Å²) >= 11 is 1.27. The molecule has 4 aromatic rings. The van der Waals surface area contributed by atoms with Crippen LogP contribution >= 0.6 is 11.3 Å². The maximum atomic E-state index is 13.8. The van der Waals surface area contributed by atoms with Crippen molar-refractivity contribution in [3.63, 3.8) is 0 Å². The lowest BCUT2D eigenvalue weighted by atomic mass is 9.96. The van der Waals surface area contributed by atoms with E-state index in [1.54, 1.807) is 31.2 Å². The van der Waals surface area contributed by atoms with Crippen LogP contribution in [0.15, 0.2) is 87.8 Å². The Morgan fingerprint density at radius 1 is 1.03 bits per heavy atom. The van der Waals surface area contributed by atoms with Gasteiger partial charge < -0.3 is 9.47 Å². The summed E-state index contributed by atoms with van der Waals surface area (Å²) in [4.78, 5) is 43.0. The molecular weight excluding hydrogens is 476 g/mol. The quantitative estimate of drug-likeness (QED) is 0.318. The van der Waals surface area contributed by atoms with Gasteiger partial charge in [-0.05, 0) is 47.0 Å². The SMILES string of the molecule is COC(=O)C1=C(C)N=c2s/c(=C\c3cccc4ccccc34)c(=O)n2[C@@H]1c1ccc(OC(C)=O)cc1. The number of ether oxygens (including phenoxy) is 2. The third-order valence-electron chi connectivity index (χ3n) is 5.99. The van der Waals surface area contributed by atoms with E-state index in [4.69, 9.17) is 9.47 Å². The van der Waals surface area contributed by atoms with Crippen LogP contribution in [-0.2, 0) is 14.3 Å². The van der Waals surface area contributed by atoms with Crippen molar-refractivity contribution >= 4 is 40.1 Å². The number of fused-ring (bicyclic) bond motifs is 2. The highest BCUT2D eigenvalue weighted by Crippen LogP contribution is 2.31. The Hall–Kier alpha value is -4.30. The number of aromatic nitrogens is 1. The average Bonchev–Trinajstić information content (AvgIpc) is 3.17. The fraction of sp³-hybridized carbons (Fsp3) is 0.143. The molecule has 0 radical (unpaired) electrons. The number of allylic oxidation sites excluding steroid dienone is 1. The molecule has 1 aliphatic rings. The summed E-state index contributed by atoms with van der Waals surface area (Å²) in [6.45, 7) is 3.05. The molecule has 3 aromatic carbocycles. The van der Waals surface area contributed by atoms with Gasteiger partial charge in [-0.3, -0.25) is 14.2 Å². The van der Waals surface area contributed by atoms with Gasteiger partial charge in [-0.1, -0.05) is 65.9 Å². The van der Waals surface area contributed by atoms with Crippen molar-refractivity contribution in [2.75, 3.05) is 7.11 Å².